The molecule has 6 nitrogen and oxygen atoms in total. The minimum absolute atomic E-state index is 0.166. The lowest BCUT2D eigenvalue weighted by molar-refractivity contribution is -0.00537. The summed E-state index contributed by atoms with van der Waals surface area (Å²) in [5.74, 6) is 0.899. The highest BCUT2D eigenvalue weighted by molar-refractivity contribution is 6.31. The van der Waals surface area contributed by atoms with Gasteiger partial charge in [0.1, 0.15) is 12.1 Å². The molecule has 1 saturated heterocycles. The Kier molecular flexibility index (Phi) is 4.09. The molecule has 0 radical (unpaired) electrons. The van der Waals surface area contributed by atoms with Gasteiger partial charge in [0, 0.05) is 18.1 Å². The molecule has 0 saturated carbocycles. The average molecular weight is 358 g/mol. The van der Waals surface area contributed by atoms with Crippen molar-refractivity contribution in [1.29, 1.82) is 0 Å². The monoisotopic (exact) mass is 357 g/mol. The fraction of sp³-hybridized carbons (Fsp3) is 0.389. The lowest BCUT2D eigenvalue weighted by Crippen LogP contribution is -2.45. The second-order valence-corrected chi connectivity index (χ2v) is 6.99. The first-order chi connectivity index (χ1) is 12.0. The van der Waals surface area contributed by atoms with Crippen LogP contribution >= 0.6 is 11.6 Å². The molecule has 1 aliphatic heterocycles. The van der Waals surface area contributed by atoms with Crippen LogP contribution in [0.5, 0.6) is 0 Å². The molecule has 0 amide bonds. The number of hydrogen-bond donors (Lipinski definition) is 0. The Morgan fingerprint density at radius 3 is 2.64 bits per heavy atom. The minimum Gasteiger partial charge on any atom is -0.372 e. The zero-order valence-corrected chi connectivity index (χ0v) is 15.2. The highest BCUT2D eigenvalue weighted by Gasteiger charge is 2.25. The molecule has 0 aliphatic carbocycles. The quantitative estimate of drug-likeness (QED) is 0.703. The van der Waals surface area contributed by atoms with Crippen LogP contribution in [0.3, 0.4) is 0 Å². The van der Waals surface area contributed by atoms with Gasteiger partial charge in [0.15, 0.2) is 5.65 Å². The van der Waals surface area contributed by atoms with E-state index in [9.17, 15) is 0 Å². The van der Waals surface area contributed by atoms with Gasteiger partial charge in [-0.2, -0.15) is 5.10 Å². The summed E-state index contributed by atoms with van der Waals surface area (Å²) in [6.45, 7) is 7.75. The maximum Gasteiger partial charge on any atom is 0.168 e. The molecule has 3 aromatic rings. The van der Waals surface area contributed by atoms with Crippen molar-refractivity contribution < 1.29 is 4.74 Å². The number of fused-ring (bicyclic) bond motifs is 1. The summed E-state index contributed by atoms with van der Waals surface area (Å²) in [7, 11) is 0. The lowest BCUT2D eigenvalue weighted by atomic mass is 10.2. The Labute approximate surface area is 151 Å². The molecular formula is C18H20ClN5O. The standard InChI is InChI=1S/C18H20ClN5O/c1-11-4-5-14(6-16(11)19)24-18-15(7-22-24)17(20-10-21-18)23-8-12(2)25-13(3)9-23/h4-7,10,12-13H,8-9H2,1-3H3/t12-,13-/m1/s1. The smallest absolute Gasteiger partial charge is 0.168 e. The Balaban J connectivity index is 1.79. The average Bonchev–Trinajstić information content (AvgIpc) is 3.00. The maximum atomic E-state index is 6.27. The van der Waals surface area contributed by atoms with Crippen LogP contribution in [-0.4, -0.2) is 45.0 Å². The summed E-state index contributed by atoms with van der Waals surface area (Å²) in [5.41, 5.74) is 2.70. The van der Waals surface area contributed by atoms with Gasteiger partial charge in [0.05, 0.1) is 29.5 Å². The van der Waals surface area contributed by atoms with E-state index in [-0.39, 0.29) is 12.2 Å². The summed E-state index contributed by atoms with van der Waals surface area (Å²) in [6.07, 6.45) is 3.75. The first kappa shape index (κ1) is 16.3. The molecule has 4 rings (SSSR count). The van der Waals surface area contributed by atoms with Crippen molar-refractivity contribution in [3.63, 3.8) is 0 Å². The number of nitrogens with zero attached hydrogens (tertiary/aromatic N) is 5. The fourth-order valence-electron chi connectivity index (χ4n) is 3.34. The number of anilines is 1. The SMILES string of the molecule is Cc1ccc(-n2ncc3c(N4C[C@@H](C)O[C@H](C)C4)ncnc32)cc1Cl. The van der Waals surface area contributed by atoms with Crippen LogP contribution in [-0.2, 0) is 4.74 Å². The van der Waals surface area contributed by atoms with Crippen molar-refractivity contribution >= 4 is 28.5 Å². The number of hydrogen-bond acceptors (Lipinski definition) is 5. The molecule has 2 atom stereocenters. The van der Waals surface area contributed by atoms with E-state index in [0.717, 1.165) is 41.2 Å². The Hall–Kier alpha value is -2.18. The molecule has 1 aromatic carbocycles. The van der Waals surface area contributed by atoms with Gasteiger partial charge in [0.2, 0.25) is 0 Å². The van der Waals surface area contributed by atoms with E-state index >= 15 is 0 Å². The van der Waals surface area contributed by atoms with E-state index in [4.69, 9.17) is 16.3 Å². The lowest BCUT2D eigenvalue weighted by Gasteiger charge is -2.36. The van der Waals surface area contributed by atoms with Crippen LogP contribution < -0.4 is 4.90 Å². The van der Waals surface area contributed by atoms with Crippen LogP contribution in [0.1, 0.15) is 19.4 Å². The van der Waals surface area contributed by atoms with Gasteiger partial charge in [-0.05, 0) is 38.5 Å². The molecule has 0 bridgehead atoms. The molecular weight excluding hydrogens is 338 g/mol. The fourth-order valence-corrected chi connectivity index (χ4v) is 3.51. The van der Waals surface area contributed by atoms with Crippen LogP contribution in [0, 0.1) is 6.92 Å². The Bertz CT molecular complexity index is 915. The molecule has 1 fully saturated rings. The van der Waals surface area contributed by atoms with Gasteiger partial charge in [-0.3, -0.25) is 0 Å². The predicted molar refractivity (Wildman–Crippen MR) is 98.6 cm³/mol. The van der Waals surface area contributed by atoms with Crippen LogP contribution in [0.2, 0.25) is 5.02 Å². The van der Waals surface area contributed by atoms with Crippen LogP contribution in [0.25, 0.3) is 16.7 Å². The first-order valence-corrected chi connectivity index (χ1v) is 8.76. The number of rotatable bonds is 2. The number of halogens is 1. The van der Waals surface area contributed by atoms with E-state index in [1.54, 1.807) is 11.0 Å². The van der Waals surface area contributed by atoms with Gasteiger partial charge >= 0.3 is 0 Å². The highest BCUT2D eigenvalue weighted by atomic mass is 35.5. The molecule has 3 heterocycles. The van der Waals surface area contributed by atoms with Crippen molar-refractivity contribution in [2.45, 2.75) is 33.0 Å². The normalized spacial score (nSPS) is 21.0. The maximum absolute atomic E-state index is 6.27. The molecule has 7 heteroatoms. The van der Waals surface area contributed by atoms with Gasteiger partial charge in [-0.15, -0.1) is 0 Å². The van der Waals surface area contributed by atoms with E-state index in [1.165, 1.54) is 0 Å². The summed E-state index contributed by atoms with van der Waals surface area (Å²) < 4.78 is 7.63. The van der Waals surface area contributed by atoms with Crippen LogP contribution in [0.15, 0.2) is 30.7 Å². The first-order valence-electron chi connectivity index (χ1n) is 8.38. The number of aryl methyl sites for hydroxylation is 1. The van der Waals surface area contributed by atoms with E-state index in [1.807, 2.05) is 31.3 Å². The third kappa shape index (κ3) is 2.96. The summed E-state index contributed by atoms with van der Waals surface area (Å²) in [5, 5.41) is 6.17. The predicted octanol–water partition coefficient (Wildman–Crippen LogP) is 3.39. The molecule has 1 aliphatic rings. The molecule has 0 unspecified atom stereocenters. The molecule has 25 heavy (non-hydrogen) atoms. The van der Waals surface area contributed by atoms with Crippen LogP contribution in [0.4, 0.5) is 5.82 Å². The molecule has 0 N–H and O–H groups in total. The number of ether oxygens (including phenoxy) is 1. The largest absolute Gasteiger partial charge is 0.372 e. The third-order valence-electron chi connectivity index (χ3n) is 4.46. The second-order valence-electron chi connectivity index (χ2n) is 6.59. The van der Waals surface area contributed by atoms with Gasteiger partial charge in [-0.1, -0.05) is 17.7 Å². The third-order valence-corrected chi connectivity index (χ3v) is 4.87. The van der Waals surface area contributed by atoms with E-state index in [0.29, 0.717) is 5.02 Å². The van der Waals surface area contributed by atoms with E-state index in [2.05, 4.69) is 33.8 Å². The molecule has 0 spiro atoms. The van der Waals surface area contributed by atoms with Crippen molar-refractivity contribution in [2.24, 2.45) is 0 Å². The van der Waals surface area contributed by atoms with Gasteiger partial charge in [-0.25, -0.2) is 14.6 Å². The molecule has 130 valence electrons. The summed E-state index contributed by atoms with van der Waals surface area (Å²) in [6, 6.07) is 5.89. The second kappa shape index (κ2) is 6.28. The van der Waals surface area contributed by atoms with Crippen molar-refractivity contribution in [1.82, 2.24) is 19.7 Å². The van der Waals surface area contributed by atoms with Crippen molar-refractivity contribution in [2.75, 3.05) is 18.0 Å². The minimum atomic E-state index is 0.166. The number of aromatic nitrogens is 4. The zero-order chi connectivity index (χ0) is 17.6. The number of benzene rings is 1. The Morgan fingerprint density at radius 1 is 1.16 bits per heavy atom. The van der Waals surface area contributed by atoms with Crippen molar-refractivity contribution in [3.05, 3.63) is 41.3 Å². The van der Waals surface area contributed by atoms with Crippen molar-refractivity contribution in [3.8, 4) is 5.69 Å². The topological polar surface area (TPSA) is 56.1 Å². The zero-order valence-electron chi connectivity index (χ0n) is 14.5. The van der Waals surface area contributed by atoms with Gasteiger partial charge < -0.3 is 9.64 Å². The summed E-state index contributed by atoms with van der Waals surface area (Å²) >= 11 is 6.27. The van der Waals surface area contributed by atoms with Gasteiger partial charge in [0.25, 0.3) is 0 Å². The summed E-state index contributed by atoms with van der Waals surface area (Å²) in [4.78, 5) is 11.2. The molecule has 2 aromatic heterocycles. The Morgan fingerprint density at radius 2 is 1.92 bits per heavy atom. The highest BCUT2D eigenvalue weighted by Crippen LogP contribution is 2.28. The van der Waals surface area contributed by atoms with E-state index < -0.39 is 0 Å². The number of morpholine rings is 1.